The number of nitrogen functional groups attached to an aromatic ring is 1. The van der Waals surface area contributed by atoms with E-state index in [1.807, 2.05) is 6.07 Å². The quantitative estimate of drug-likeness (QED) is 0.387. The number of hydrogen-bond acceptors (Lipinski definition) is 4. The summed E-state index contributed by atoms with van der Waals surface area (Å²) in [5, 5.41) is 11.7. The number of benzene rings is 1. The van der Waals surface area contributed by atoms with Crippen molar-refractivity contribution in [3.8, 4) is 0 Å². The Hall–Kier alpha value is -1.55. The summed E-state index contributed by atoms with van der Waals surface area (Å²) in [5.74, 6) is -0.0330. The predicted octanol–water partition coefficient (Wildman–Crippen LogP) is 1.27. The van der Waals surface area contributed by atoms with E-state index in [0.29, 0.717) is 24.2 Å². The van der Waals surface area contributed by atoms with Gasteiger partial charge in [-0.3, -0.25) is 4.79 Å². The van der Waals surface area contributed by atoms with Crippen molar-refractivity contribution in [2.75, 3.05) is 24.2 Å². The Balaban J connectivity index is 2.69. The van der Waals surface area contributed by atoms with Crippen molar-refractivity contribution in [1.82, 2.24) is 0 Å². The molecular weight excluding hydrogens is 192 g/mol. The van der Waals surface area contributed by atoms with Crippen LogP contribution in [0.5, 0.6) is 0 Å². The Bertz CT molecular complexity index is 350. The maximum atomic E-state index is 11.1. The van der Waals surface area contributed by atoms with Gasteiger partial charge in [-0.1, -0.05) is 0 Å². The van der Waals surface area contributed by atoms with Crippen LogP contribution in [0.25, 0.3) is 0 Å². The molecule has 0 spiro atoms. The van der Waals surface area contributed by atoms with Gasteiger partial charge in [0.15, 0.2) is 5.78 Å². The Morgan fingerprint density at radius 2 is 2.27 bits per heavy atom. The third kappa shape index (κ3) is 3.25. The molecule has 1 aromatic rings. The highest BCUT2D eigenvalue weighted by Gasteiger charge is 2.04. The molecule has 0 saturated heterocycles. The second-order valence-electron chi connectivity index (χ2n) is 3.36. The molecule has 15 heavy (non-hydrogen) atoms. The van der Waals surface area contributed by atoms with E-state index >= 15 is 0 Å². The lowest BCUT2D eigenvalue weighted by molar-refractivity contribution is 0.101. The van der Waals surface area contributed by atoms with Crippen LogP contribution in [0.1, 0.15) is 23.7 Å². The molecule has 4 N–H and O–H groups in total. The number of hydrogen-bond donors (Lipinski definition) is 3. The van der Waals surface area contributed by atoms with E-state index in [-0.39, 0.29) is 12.4 Å². The minimum absolute atomic E-state index is 0.0330. The summed E-state index contributed by atoms with van der Waals surface area (Å²) in [7, 11) is 0. The number of carbonyl (C=O) groups is 1. The number of Topliss-reactive ketones (excluding diaryl/α,β-unsaturated/α-hetero) is 1. The normalized spacial score (nSPS) is 10.0. The third-order valence-corrected chi connectivity index (χ3v) is 2.09. The average Bonchev–Trinajstić information content (AvgIpc) is 2.17. The minimum Gasteiger partial charge on any atom is -0.398 e. The van der Waals surface area contributed by atoms with Crippen LogP contribution in [0.3, 0.4) is 0 Å². The molecule has 0 fully saturated rings. The second kappa shape index (κ2) is 5.36. The molecular formula is C11H16N2O2. The molecule has 82 valence electrons. The Morgan fingerprint density at radius 1 is 1.53 bits per heavy atom. The van der Waals surface area contributed by atoms with Crippen LogP contribution < -0.4 is 11.1 Å². The first-order valence-electron chi connectivity index (χ1n) is 4.90. The number of aliphatic hydroxyl groups is 1. The molecule has 0 atom stereocenters. The fourth-order valence-corrected chi connectivity index (χ4v) is 1.31. The van der Waals surface area contributed by atoms with Gasteiger partial charge in [0.2, 0.25) is 0 Å². The van der Waals surface area contributed by atoms with Gasteiger partial charge >= 0.3 is 0 Å². The lowest BCUT2D eigenvalue weighted by Crippen LogP contribution is -2.05. The van der Waals surface area contributed by atoms with Gasteiger partial charge in [0.1, 0.15) is 0 Å². The summed E-state index contributed by atoms with van der Waals surface area (Å²) in [6.07, 6.45) is 0.689. The first kappa shape index (κ1) is 11.5. The molecule has 1 rings (SSSR count). The van der Waals surface area contributed by atoms with Crippen molar-refractivity contribution < 1.29 is 9.90 Å². The van der Waals surface area contributed by atoms with Crippen LogP contribution in [-0.2, 0) is 0 Å². The number of ketones is 1. The van der Waals surface area contributed by atoms with Crippen LogP contribution in [-0.4, -0.2) is 24.0 Å². The number of rotatable bonds is 5. The van der Waals surface area contributed by atoms with E-state index in [1.165, 1.54) is 6.92 Å². The van der Waals surface area contributed by atoms with E-state index in [9.17, 15) is 4.79 Å². The van der Waals surface area contributed by atoms with Gasteiger partial charge in [-0.05, 0) is 31.5 Å². The molecule has 0 aliphatic heterocycles. The predicted molar refractivity (Wildman–Crippen MR) is 61.1 cm³/mol. The summed E-state index contributed by atoms with van der Waals surface area (Å²) in [6.45, 7) is 2.34. The van der Waals surface area contributed by atoms with E-state index in [2.05, 4.69) is 5.32 Å². The molecule has 0 bridgehead atoms. The molecule has 0 amide bonds. The number of nitrogens with two attached hydrogens (primary N) is 1. The van der Waals surface area contributed by atoms with Crippen LogP contribution in [0.15, 0.2) is 18.2 Å². The molecule has 4 heteroatoms. The van der Waals surface area contributed by atoms with E-state index in [0.717, 1.165) is 5.69 Å². The molecule has 0 saturated carbocycles. The zero-order valence-corrected chi connectivity index (χ0v) is 8.79. The standard InChI is InChI=1S/C11H16N2O2/c1-8(15)10-4-3-9(7-11(10)12)13-5-2-6-14/h3-4,7,13-14H,2,5-6,12H2,1H3. The van der Waals surface area contributed by atoms with Crippen molar-refractivity contribution in [3.63, 3.8) is 0 Å². The highest BCUT2D eigenvalue weighted by atomic mass is 16.3. The van der Waals surface area contributed by atoms with E-state index < -0.39 is 0 Å². The molecule has 0 aliphatic rings. The van der Waals surface area contributed by atoms with Gasteiger partial charge in [0, 0.05) is 30.1 Å². The van der Waals surface area contributed by atoms with Crippen LogP contribution in [0.4, 0.5) is 11.4 Å². The average molecular weight is 208 g/mol. The second-order valence-corrected chi connectivity index (χ2v) is 3.36. The number of aliphatic hydroxyl groups excluding tert-OH is 1. The van der Waals surface area contributed by atoms with Crippen LogP contribution in [0, 0.1) is 0 Å². The van der Waals surface area contributed by atoms with Crippen molar-refractivity contribution in [2.45, 2.75) is 13.3 Å². The van der Waals surface area contributed by atoms with Crippen molar-refractivity contribution in [3.05, 3.63) is 23.8 Å². The Labute approximate surface area is 89.1 Å². The molecule has 0 radical (unpaired) electrons. The smallest absolute Gasteiger partial charge is 0.161 e. The zero-order chi connectivity index (χ0) is 11.3. The van der Waals surface area contributed by atoms with Crippen molar-refractivity contribution in [2.24, 2.45) is 0 Å². The maximum Gasteiger partial charge on any atom is 0.161 e. The van der Waals surface area contributed by atoms with E-state index in [4.69, 9.17) is 10.8 Å². The van der Waals surface area contributed by atoms with Crippen molar-refractivity contribution in [1.29, 1.82) is 0 Å². The Morgan fingerprint density at radius 3 is 2.80 bits per heavy atom. The zero-order valence-electron chi connectivity index (χ0n) is 8.79. The lowest BCUT2D eigenvalue weighted by Gasteiger charge is -2.08. The summed E-state index contributed by atoms with van der Waals surface area (Å²) in [4.78, 5) is 11.1. The first-order valence-corrected chi connectivity index (χ1v) is 4.90. The summed E-state index contributed by atoms with van der Waals surface area (Å²) < 4.78 is 0. The molecule has 4 nitrogen and oxygen atoms in total. The maximum absolute atomic E-state index is 11.1. The largest absolute Gasteiger partial charge is 0.398 e. The fraction of sp³-hybridized carbons (Fsp3) is 0.364. The van der Waals surface area contributed by atoms with Crippen LogP contribution >= 0.6 is 0 Å². The van der Waals surface area contributed by atoms with Crippen LogP contribution in [0.2, 0.25) is 0 Å². The lowest BCUT2D eigenvalue weighted by atomic mass is 10.1. The van der Waals surface area contributed by atoms with Gasteiger partial charge in [-0.2, -0.15) is 0 Å². The van der Waals surface area contributed by atoms with Gasteiger partial charge in [-0.15, -0.1) is 0 Å². The highest BCUT2D eigenvalue weighted by Crippen LogP contribution is 2.18. The molecule has 0 aromatic heterocycles. The molecule has 1 aromatic carbocycles. The number of nitrogens with one attached hydrogen (secondary N) is 1. The molecule has 0 unspecified atom stereocenters. The Kier molecular flexibility index (Phi) is 4.12. The van der Waals surface area contributed by atoms with Gasteiger partial charge < -0.3 is 16.2 Å². The van der Waals surface area contributed by atoms with Gasteiger partial charge in [0.25, 0.3) is 0 Å². The molecule has 0 aliphatic carbocycles. The summed E-state index contributed by atoms with van der Waals surface area (Å²) in [6, 6.07) is 5.25. The summed E-state index contributed by atoms with van der Waals surface area (Å²) >= 11 is 0. The SMILES string of the molecule is CC(=O)c1ccc(NCCCO)cc1N. The first-order chi connectivity index (χ1) is 7.15. The third-order valence-electron chi connectivity index (χ3n) is 2.09. The minimum atomic E-state index is -0.0330. The fourth-order valence-electron chi connectivity index (χ4n) is 1.31. The number of carbonyl (C=O) groups excluding carboxylic acids is 1. The van der Waals surface area contributed by atoms with Gasteiger partial charge in [0.05, 0.1) is 0 Å². The molecule has 0 heterocycles. The number of anilines is 2. The van der Waals surface area contributed by atoms with Crippen molar-refractivity contribution >= 4 is 17.2 Å². The van der Waals surface area contributed by atoms with Gasteiger partial charge in [-0.25, -0.2) is 0 Å². The summed E-state index contributed by atoms with van der Waals surface area (Å²) in [5.41, 5.74) is 7.61. The topological polar surface area (TPSA) is 75.3 Å². The monoisotopic (exact) mass is 208 g/mol. The highest BCUT2D eigenvalue weighted by molar-refractivity contribution is 5.99. The van der Waals surface area contributed by atoms with E-state index in [1.54, 1.807) is 12.1 Å².